The largest absolute Gasteiger partial charge is 0.386 e. The van der Waals surface area contributed by atoms with E-state index in [2.05, 4.69) is 28.6 Å². The molecular weight excluding hydrogens is 426 g/mol. The second kappa shape index (κ2) is 6.93. The van der Waals surface area contributed by atoms with Crippen LogP contribution in [0.3, 0.4) is 0 Å². The van der Waals surface area contributed by atoms with Crippen molar-refractivity contribution < 1.29 is 14.3 Å². The number of carbonyl (C=O) groups is 2. The van der Waals surface area contributed by atoms with Gasteiger partial charge in [-0.1, -0.05) is 36.4 Å². The standard InChI is InChI=1S/C28H25N3O3/c1-29-12-16-11-23-24(19-8-4-6-10-22(19)31(23)14-17(16)13-29)26-25(27(32)34-28(26)33)20-15-30(2)21-9-5-3-7-18(20)21/h3-10,15-17H,11-14H2,1-2H3/t16-,17-/m1/s1. The molecule has 7 rings (SSSR count). The Morgan fingerprint density at radius 3 is 2.29 bits per heavy atom. The summed E-state index contributed by atoms with van der Waals surface area (Å²) in [7, 11) is 4.14. The second-order valence-electron chi connectivity index (χ2n) is 9.99. The van der Waals surface area contributed by atoms with Gasteiger partial charge in [0.1, 0.15) is 0 Å². The number of ether oxygens (including phenoxy) is 1. The third-order valence-corrected chi connectivity index (χ3v) is 7.97. The molecule has 0 bridgehead atoms. The van der Waals surface area contributed by atoms with Crippen molar-refractivity contribution in [3.63, 3.8) is 0 Å². The fourth-order valence-electron chi connectivity index (χ4n) is 6.55. The molecule has 3 aliphatic heterocycles. The Morgan fingerprint density at radius 1 is 0.794 bits per heavy atom. The van der Waals surface area contributed by atoms with E-state index in [1.807, 2.05) is 54.2 Å². The molecule has 0 unspecified atom stereocenters. The molecule has 2 aromatic heterocycles. The summed E-state index contributed by atoms with van der Waals surface area (Å²) in [6.07, 6.45) is 2.83. The molecule has 2 aromatic carbocycles. The number of fused-ring (bicyclic) bond motifs is 5. The summed E-state index contributed by atoms with van der Waals surface area (Å²) in [4.78, 5) is 28.8. The summed E-state index contributed by atoms with van der Waals surface area (Å²) in [5, 5.41) is 1.96. The summed E-state index contributed by atoms with van der Waals surface area (Å²) < 4.78 is 9.67. The Labute approximate surface area is 197 Å². The number of hydrogen-bond donors (Lipinski definition) is 0. The van der Waals surface area contributed by atoms with Crippen LogP contribution in [-0.4, -0.2) is 46.1 Å². The van der Waals surface area contributed by atoms with Crippen LogP contribution in [-0.2, 0) is 34.3 Å². The number of cyclic esters (lactones) is 2. The van der Waals surface area contributed by atoms with Crippen LogP contribution in [0.25, 0.3) is 33.0 Å². The molecule has 5 heterocycles. The Kier molecular flexibility index (Phi) is 4.04. The molecule has 0 radical (unpaired) electrons. The number of nitrogens with zero attached hydrogens (tertiary/aromatic N) is 3. The van der Waals surface area contributed by atoms with Crippen LogP contribution >= 0.6 is 0 Å². The number of benzene rings is 2. The van der Waals surface area contributed by atoms with Gasteiger partial charge in [0.15, 0.2) is 0 Å². The van der Waals surface area contributed by atoms with E-state index in [9.17, 15) is 9.59 Å². The first-order valence-corrected chi connectivity index (χ1v) is 11.9. The highest BCUT2D eigenvalue weighted by Gasteiger charge is 2.42. The average molecular weight is 452 g/mol. The molecule has 0 aliphatic carbocycles. The van der Waals surface area contributed by atoms with Crippen LogP contribution in [0.1, 0.15) is 16.8 Å². The molecular formula is C28H25N3O3. The van der Waals surface area contributed by atoms with Gasteiger partial charge >= 0.3 is 11.9 Å². The van der Waals surface area contributed by atoms with E-state index in [1.165, 1.54) is 0 Å². The molecule has 6 nitrogen and oxygen atoms in total. The average Bonchev–Trinajstić information content (AvgIpc) is 3.53. The molecule has 2 atom stereocenters. The molecule has 6 heteroatoms. The van der Waals surface area contributed by atoms with Crippen LogP contribution in [0.15, 0.2) is 54.7 Å². The zero-order valence-corrected chi connectivity index (χ0v) is 19.2. The summed E-state index contributed by atoms with van der Waals surface area (Å²) in [6.45, 7) is 3.09. The first kappa shape index (κ1) is 19.8. The van der Waals surface area contributed by atoms with E-state index >= 15 is 0 Å². The number of likely N-dealkylation sites (tertiary alicyclic amines) is 1. The summed E-state index contributed by atoms with van der Waals surface area (Å²) in [5.74, 6) is 0.0487. The van der Waals surface area contributed by atoms with Gasteiger partial charge in [-0.3, -0.25) is 0 Å². The van der Waals surface area contributed by atoms with Gasteiger partial charge in [0, 0.05) is 71.5 Å². The number of hydrogen-bond acceptors (Lipinski definition) is 4. The van der Waals surface area contributed by atoms with E-state index in [0.29, 0.717) is 23.0 Å². The van der Waals surface area contributed by atoms with Gasteiger partial charge in [-0.2, -0.15) is 0 Å². The van der Waals surface area contributed by atoms with E-state index in [4.69, 9.17) is 4.74 Å². The van der Waals surface area contributed by atoms with Gasteiger partial charge < -0.3 is 18.8 Å². The Hall–Kier alpha value is -3.64. The van der Waals surface area contributed by atoms with Crippen LogP contribution in [0, 0.1) is 11.8 Å². The van der Waals surface area contributed by atoms with Gasteiger partial charge in [0.2, 0.25) is 0 Å². The van der Waals surface area contributed by atoms with Gasteiger partial charge in [-0.25, -0.2) is 9.59 Å². The van der Waals surface area contributed by atoms with E-state index in [1.54, 1.807) is 0 Å². The lowest BCUT2D eigenvalue weighted by molar-refractivity contribution is -0.149. The van der Waals surface area contributed by atoms with Crippen molar-refractivity contribution in [2.24, 2.45) is 18.9 Å². The van der Waals surface area contributed by atoms with Crippen molar-refractivity contribution in [2.45, 2.75) is 13.0 Å². The monoisotopic (exact) mass is 451 g/mol. The van der Waals surface area contributed by atoms with Crippen molar-refractivity contribution in [1.82, 2.24) is 14.0 Å². The fourth-order valence-corrected chi connectivity index (χ4v) is 6.55. The topological polar surface area (TPSA) is 56.5 Å². The molecule has 3 aliphatic rings. The fraction of sp³-hybridized carbons (Fsp3) is 0.286. The molecule has 0 saturated carbocycles. The Bertz CT molecular complexity index is 1570. The van der Waals surface area contributed by atoms with Crippen molar-refractivity contribution in [3.05, 3.63) is 71.5 Å². The molecule has 0 N–H and O–H groups in total. The summed E-state index contributed by atoms with van der Waals surface area (Å²) in [5.41, 5.74) is 5.71. The smallest absolute Gasteiger partial charge is 0.347 e. The van der Waals surface area contributed by atoms with Crippen LogP contribution < -0.4 is 0 Å². The maximum absolute atomic E-state index is 13.3. The van der Waals surface area contributed by atoms with Crippen molar-refractivity contribution in [3.8, 4) is 0 Å². The lowest BCUT2D eigenvalue weighted by atomic mass is 9.85. The van der Waals surface area contributed by atoms with Crippen LogP contribution in [0.4, 0.5) is 0 Å². The normalized spacial score (nSPS) is 22.6. The number of carbonyl (C=O) groups excluding carboxylic acids is 2. The van der Waals surface area contributed by atoms with Gasteiger partial charge in [0.25, 0.3) is 0 Å². The predicted octanol–water partition coefficient (Wildman–Crippen LogP) is 3.86. The lowest BCUT2D eigenvalue weighted by Crippen LogP contribution is -2.28. The zero-order chi connectivity index (χ0) is 23.1. The third-order valence-electron chi connectivity index (χ3n) is 7.97. The number of esters is 2. The molecule has 1 fully saturated rings. The quantitative estimate of drug-likeness (QED) is 0.343. The van der Waals surface area contributed by atoms with E-state index in [-0.39, 0.29) is 0 Å². The first-order chi connectivity index (χ1) is 16.5. The number of aromatic nitrogens is 2. The highest BCUT2D eigenvalue weighted by atomic mass is 16.6. The van der Waals surface area contributed by atoms with Crippen molar-refractivity contribution in [1.29, 1.82) is 0 Å². The number of aryl methyl sites for hydroxylation is 1. The molecule has 4 aromatic rings. The van der Waals surface area contributed by atoms with Gasteiger partial charge in [0.05, 0.1) is 11.1 Å². The highest BCUT2D eigenvalue weighted by molar-refractivity contribution is 6.47. The minimum atomic E-state index is -0.560. The maximum Gasteiger partial charge on any atom is 0.347 e. The summed E-state index contributed by atoms with van der Waals surface area (Å²) >= 11 is 0. The number of para-hydroxylation sites is 2. The summed E-state index contributed by atoms with van der Waals surface area (Å²) in [6, 6.07) is 16.2. The zero-order valence-electron chi connectivity index (χ0n) is 19.2. The van der Waals surface area contributed by atoms with Crippen molar-refractivity contribution in [2.75, 3.05) is 20.1 Å². The van der Waals surface area contributed by atoms with Crippen LogP contribution in [0.5, 0.6) is 0 Å². The van der Waals surface area contributed by atoms with Crippen LogP contribution in [0.2, 0.25) is 0 Å². The van der Waals surface area contributed by atoms with Crippen molar-refractivity contribution >= 4 is 44.9 Å². The molecule has 34 heavy (non-hydrogen) atoms. The van der Waals surface area contributed by atoms with E-state index < -0.39 is 11.9 Å². The Balaban J connectivity index is 1.54. The van der Waals surface area contributed by atoms with Gasteiger partial charge in [-0.15, -0.1) is 0 Å². The first-order valence-electron chi connectivity index (χ1n) is 11.9. The molecule has 1 saturated heterocycles. The number of rotatable bonds is 2. The molecule has 170 valence electrons. The van der Waals surface area contributed by atoms with Gasteiger partial charge in [-0.05, 0) is 37.4 Å². The lowest BCUT2D eigenvalue weighted by Gasteiger charge is -2.28. The molecule has 0 amide bonds. The maximum atomic E-state index is 13.3. The second-order valence-corrected chi connectivity index (χ2v) is 9.99. The minimum Gasteiger partial charge on any atom is -0.386 e. The SMILES string of the molecule is CN1C[C@H]2Cc3c(C4=C(c5cn(C)c6ccccc56)C(=O)OC4=O)c4ccccc4n3C[C@H]2C1. The highest BCUT2D eigenvalue weighted by Crippen LogP contribution is 2.45. The predicted molar refractivity (Wildman–Crippen MR) is 131 cm³/mol. The Morgan fingerprint density at radius 2 is 1.47 bits per heavy atom. The van der Waals surface area contributed by atoms with E-state index in [0.717, 1.165) is 64.7 Å². The third kappa shape index (κ3) is 2.60. The minimum absolute atomic E-state index is 0.381. The molecule has 0 spiro atoms.